The van der Waals surface area contributed by atoms with Gasteiger partial charge in [0, 0.05) is 0 Å². The Kier molecular flexibility index (Phi) is 11.0. The van der Waals surface area contributed by atoms with E-state index >= 15 is 0 Å². The molecule has 4 saturated carbocycles. The molecule has 1 atom stereocenters. The molecule has 0 radical (unpaired) electrons. The summed E-state index contributed by atoms with van der Waals surface area (Å²) in [5.74, 6) is 2.46. The SMILES string of the molecule is CC1=[C]([Zr+2](=[C](c2cccc(C(F)(F)F)c2)c2cccc(C(F)(F)F)c2)[c]2cccc3c2Cc2ccccc2-3)C(C)C=C1CC12CC3CC(CC(C3)C1)C2.[Cl-].[Cl-]. The molecule has 0 spiro atoms. The van der Waals surface area contributed by atoms with Crippen LogP contribution in [-0.2, 0) is 40.0 Å². The van der Waals surface area contributed by atoms with E-state index in [1.54, 1.807) is 12.1 Å². The first-order valence-electron chi connectivity index (χ1n) is 19.0. The van der Waals surface area contributed by atoms with Crippen molar-refractivity contribution in [2.24, 2.45) is 29.1 Å². The monoisotopic (exact) mass is 868 g/mol. The Labute approximate surface area is 339 Å². The van der Waals surface area contributed by atoms with Crippen molar-refractivity contribution in [3.63, 3.8) is 0 Å². The van der Waals surface area contributed by atoms with E-state index < -0.39 is 44.7 Å². The summed E-state index contributed by atoms with van der Waals surface area (Å²) in [5, 5.41) is 0. The fourth-order valence-corrected chi connectivity index (χ4v) is 20.3. The zero-order chi connectivity index (χ0) is 36.9. The van der Waals surface area contributed by atoms with Crippen LogP contribution in [-0.4, -0.2) is 3.21 Å². The summed E-state index contributed by atoms with van der Waals surface area (Å²) in [7, 11) is 0. The minimum atomic E-state index is -4.60. The van der Waals surface area contributed by atoms with Crippen molar-refractivity contribution in [1.82, 2.24) is 0 Å². The maximum atomic E-state index is 14.4. The van der Waals surface area contributed by atoms with Gasteiger partial charge in [-0.2, -0.15) is 0 Å². The number of benzene rings is 4. The molecule has 0 nitrogen and oxygen atoms in total. The third kappa shape index (κ3) is 7.34. The van der Waals surface area contributed by atoms with E-state index in [1.807, 2.05) is 18.2 Å². The maximum absolute atomic E-state index is 14.4. The van der Waals surface area contributed by atoms with Crippen molar-refractivity contribution >= 4 is 6.48 Å². The summed E-state index contributed by atoms with van der Waals surface area (Å²) < 4.78 is 89.4. The van der Waals surface area contributed by atoms with Crippen molar-refractivity contribution in [2.75, 3.05) is 0 Å². The molecule has 10 rings (SSSR count). The van der Waals surface area contributed by atoms with E-state index in [9.17, 15) is 26.3 Å². The number of alkyl halides is 6. The molecule has 0 N–H and O–H groups in total. The number of rotatable bonds is 6. The predicted octanol–water partition coefficient (Wildman–Crippen LogP) is 6.27. The Morgan fingerprint density at radius 3 is 1.78 bits per heavy atom. The normalized spacial score (nSPS) is 24.7. The van der Waals surface area contributed by atoms with Crippen molar-refractivity contribution in [1.29, 1.82) is 0 Å². The van der Waals surface area contributed by atoms with E-state index in [0.717, 1.165) is 50.7 Å². The molecule has 1 unspecified atom stereocenters. The zero-order valence-corrected chi connectivity index (χ0v) is 34.7. The van der Waals surface area contributed by atoms with E-state index in [4.69, 9.17) is 0 Å². The van der Waals surface area contributed by atoms with E-state index in [1.165, 1.54) is 88.3 Å². The summed E-state index contributed by atoms with van der Waals surface area (Å²) in [6.45, 7) is 4.42. The van der Waals surface area contributed by atoms with Gasteiger partial charge in [-0.1, -0.05) is 0 Å². The van der Waals surface area contributed by atoms with Gasteiger partial charge >= 0.3 is 317 Å². The van der Waals surface area contributed by atoms with Crippen molar-refractivity contribution in [2.45, 2.75) is 77.6 Å². The van der Waals surface area contributed by atoms with Gasteiger partial charge in [-0.05, 0) is 0 Å². The van der Waals surface area contributed by atoms with Gasteiger partial charge in [0.05, 0.1) is 0 Å². The van der Waals surface area contributed by atoms with Crippen LogP contribution in [0.25, 0.3) is 11.1 Å². The number of allylic oxidation sites excluding steroid dienone is 4. The molecule has 0 aromatic heterocycles. The summed E-state index contributed by atoms with van der Waals surface area (Å²) in [6.07, 6.45) is 2.83. The average Bonchev–Trinajstić information content (AvgIpc) is 3.61. The predicted molar refractivity (Wildman–Crippen MR) is 196 cm³/mol. The first-order valence-corrected chi connectivity index (χ1v) is 22.7. The molecule has 0 aliphatic heterocycles. The first-order chi connectivity index (χ1) is 25.3. The Morgan fingerprint density at radius 2 is 1.22 bits per heavy atom. The summed E-state index contributed by atoms with van der Waals surface area (Å²) >= 11 is -3.68. The maximum Gasteiger partial charge on any atom is -1.00 e. The van der Waals surface area contributed by atoms with Gasteiger partial charge in [0.15, 0.2) is 0 Å². The molecule has 4 bridgehead atoms. The Balaban J connectivity index is 0.00000233. The van der Waals surface area contributed by atoms with Crippen molar-refractivity contribution < 1.29 is 72.4 Å². The molecule has 286 valence electrons. The van der Waals surface area contributed by atoms with Gasteiger partial charge in [0.25, 0.3) is 0 Å². The summed E-state index contributed by atoms with van der Waals surface area (Å²) in [5.41, 5.74) is 6.66. The van der Waals surface area contributed by atoms with Crippen molar-refractivity contribution in [3.8, 4) is 11.1 Å². The topological polar surface area (TPSA) is 0 Å². The minimum absolute atomic E-state index is 0. The molecule has 4 fully saturated rings. The van der Waals surface area contributed by atoms with Crippen LogP contribution in [0.2, 0.25) is 0 Å². The number of hydrogen-bond donors (Lipinski definition) is 0. The molecule has 4 aromatic carbocycles. The molecule has 55 heavy (non-hydrogen) atoms. The fraction of sp³-hybridized carbons (Fsp3) is 0.370. The summed E-state index contributed by atoms with van der Waals surface area (Å²) in [6, 6.07) is 25.3. The van der Waals surface area contributed by atoms with Gasteiger partial charge < -0.3 is 24.8 Å². The molecular weight excluding hydrogens is 829 g/mol. The van der Waals surface area contributed by atoms with Crippen LogP contribution in [0, 0.1) is 29.1 Å². The third-order valence-corrected chi connectivity index (χ3v) is 21.6. The quantitative estimate of drug-likeness (QED) is 0.177. The average molecular weight is 871 g/mol. The van der Waals surface area contributed by atoms with Gasteiger partial charge in [0.1, 0.15) is 0 Å². The molecule has 9 heteroatoms. The van der Waals surface area contributed by atoms with Crippen LogP contribution in [0.1, 0.15) is 92.2 Å². The van der Waals surface area contributed by atoms with E-state index in [2.05, 4.69) is 44.2 Å². The number of fused-ring (bicyclic) bond motifs is 3. The second-order valence-corrected chi connectivity index (χ2v) is 22.4. The van der Waals surface area contributed by atoms with Gasteiger partial charge in [0.2, 0.25) is 0 Å². The largest absolute Gasteiger partial charge is 1.00 e. The van der Waals surface area contributed by atoms with Crippen LogP contribution in [0.4, 0.5) is 26.3 Å². The molecular formula is C46H42Cl2F6Zr. The Bertz CT molecular complexity index is 2150. The van der Waals surface area contributed by atoms with Crippen LogP contribution >= 0.6 is 0 Å². The van der Waals surface area contributed by atoms with Crippen LogP contribution < -0.4 is 28.1 Å². The second kappa shape index (κ2) is 14.9. The molecule has 6 aliphatic carbocycles. The van der Waals surface area contributed by atoms with Gasteiger partial charge in [-0.25, -0.2) is 0 Å². The van der Waals surface area contributed by atoms with Crippen LogP contribution in [0.15, 0.2) is 111 Å². The van der Waals surface area contributed by atoms with E-state index in [0.29, 0.717) is 26.2 Å². The smallest absolute Gasteiger partial charge is 1.00 e. The molecule has 0 heterocycles. The number of halogens is 8. The summed E-state index contributed by atoms with van der Waals surface area (Å²) in [4.78, 5) is 0. The zero-order valence-electron chi connectivity index (χ0n) is 30.7. The fourth-order valence-electron chi connectivity index (χ4n) is 11.5. The molecule has 0 saturated heterocycles. The van der Waals surface area contributed by atoms with Gasteiger partial charge in [-0.3, -0.25) is 0 Å². The first kappa shape index (κ1) is 40.5. The van der Waals surface area contributed by atoms with Crippen LogP contribution in [0.3, 0.4) is 0 Å². The Hall–Kier alpha value is -2.73. The third-order valence-electron chi connectivity index (χ3n) is 13.1. The standard InChI is InChI=1S/C18H25.C15H8F6.C13H9.2ClH.Zr/c1-12-3-13(2)17(4-12)11-18-8-14-5-15(9-18)7-16(6-14)10-18;16-14(17,18)12-5-1-3-10(8-12)7-11-4-2-6-13(9-11)15(19,20)21;1-3-7-12-10(5-1)9-11-6-2-4-8-13(11)12;;;/h4,12,14-16H,5-11H2,1-2H3;1-6,8-9H;1-5,7-8H,9H2;2*1H;/q;;;;;+2/p-2. The molecule has 0 amide bonds. The van der Waals surface area contributed by atoms with Crippen LogP contribution in [0.5, 0.6) is 0 Å². The van der Waals surface area contributed by atoms with Gasteiger partial charge in [-0.15, -0.1) is 0 Å². The van der Waals surface area contributed by atoms with Crippen molar-refractivity contribution in [3.05, 3.63) is 145 Å². The molecule has 6 aliphatic rings. The minimum Gasteiger partial charge on any atom is -1.00 e. The Morgan fingerprint density at radius 1 is 0.691 bits per heavy atom. The molecule has 4 aromatic rings. The number of hydrogen-bond acceptors (Lipinski definition) is 0. The second-order valence-electron chi connectivity index (χ2n) is 16.7. The van der Waals surface area contributed by atoms with E-state index in [-0.39, 0.29) is 30.7 Å².